The van der Waals surface area contributed by atoms with Crippen molar-refractivity contribution in [2.75, 3.05) is 25.0 Å². The average Bonchev–Trinajstić information content (AvgIpc) is 2.90. The molecule has 1 N–H and O–H groups in total. The zero-order valence-corrected chi connectivity index (χ0v) is 13.6. The number of hydrogen-bond acceptors (Lipinski definition) is 5. The summed E-state index contributed by atoms with van der Waals surface area (Å²) in [4.78, 5) is 9.72. The van der Waals surface area contributed by atoms with Gasteiger partial charge in [-0.25, -0.2) is 4.98 Å². The van der Waals surface area contributed by atoms with Gasteiger partial charge in [-0.05, 0) is 26.9 Å². The molecule has 0 aliphatic carbocycles. The van der Waals surface area contributed by atoms with Crippen molar-refractivity contribution in [1.82, 2.24) is 24.5 Å². The molecule has 0 aliphatic rings. The van der Waals surface area contributed by atoms with Crippen LogP contribution in [-0.2, 0) is 6.18 Å². The predicted molar refractivity (Wildman–Crippen MR) is 81.4 cm³/mol. The summed E-state index contributed by atoms with van der Waals surface area (Å²) in [6, 6.07) is 1.90. The zero-order chi connectivity index (χ0) is 17.2. The Labute approximate surface area is 132 Å². The number of aromatic nitrogens is 4. The minimum atomic E-state index is -4.59. The lowest BCUT2D eigenvalue weighted by Crippen LogP contribution is -2.37. The molecule has 0 radical (unpaired) electrons. The third-order valence-corrected chi connectivity index (χ3v) is 3.71. The van der Waals surface area contributed by atoms with Crippen LogP contribution in [0.4, 0.5) is 19.0 Å². The Balaban J connectivity index is 2.28. The fraction of sp³-hybridized carbons (Fsp3) is 0.643. The Morgan fingerprint density at radius 1 is 1.26 bits per heavy atom. The Hall–Kier alpha value is -1.90. The maximum Gasteiger partial charge on any atom is 0.453 e. The normalized spacial score (nSPS) is 13.7. The van der Waals surface area contributed by atoms with Crippen LogP contribution in [0.25, 0.3) is 5.78 Å². The summed E-state index contributed by atoms with van der Waals surface area (Å²) < 4.78 is 39.4. The largest absolute Gasteiger partial charge is 0.453 e. The quantitative estimate of drug-likeness (QED) is 0.882. The molecule has 2 aromatic heterocycles. The standard InChI is InChI=1S/C14H21F3N6/c1-5-22(6-2)10(4)8-18-11-7-9(3)19-13-20-12(14(15,16)17)21-23(11)13/h7,10,18H,5-6,8H2,1-4H3. The van der Waals surface area contributed by atoms with E-state index in [1.54, 1.807) is 13.0 Å². The molecule has 0 aromatic carbocycles. The summed E-state index contributed by atoms with van der Waals surface area (Å²) in [7, 11) is 0. The molecule has 0 bridgehead atoms. The highest BCUT2D eigenvalue weighted by molar-refractivity contribution is 5.45. The molecule has 0 saturated carbocycles. The molecule has 9 heteroatoms. The molecule has 0 saturated heterocycles. The monoisotopic (exact) mass is 330 g/mol. The van der Waals surface area contributed by atoms with E-state index >= 15 is 0 Å². The molecular weight excluding hydrogens is 309 g/mol. The van der Waals surface area contributed by atoms with E-state index in [4.69, 9.17) is 0 Å². The summed E-state index contributed by atoms with van der Waals surface area (Å²) in [6.45, 7) is 10.3. The minimum Gasteiger partial charge on any atom is -0.368 e. The van der Waals surface area contributed by atoms with Crippen molar-refractivity contribution in [2.24, 2.45) is 0 Å². The van der Waals surface area contributed by atoms with Gasteiger partial charge in [-0.2, -0.15) is 22.7 Å². The van der Waals surface area contributed by atoms with Crippen LogP contribution in [0.1, 0.15) is 32.3 Å². The van der Waals surface area contributed by atoms with Gasteiger partial charge in [-0.1, -0.05) is 13.8 Å². The second-order valence-corrected chi connectivity index (χ2v) is 5.38. The summed E-state index contributed by atoms with van der Waals surface area (Å²) in [5, 5.41) is 6.68. The van der Waals surface area contributed by atoms with Crippen molar-refractivity contribution in [3.05, 3.63) is 17.6 Å². The van der Waals surface area contributed by atoms with Crippen LogP contribution in [0.15, 0.2) is 6.07 Å². The highest BCUT2D eigenvalue weighted by Gasteiger charge is 2.36. The van der Waals surface area contributed by atoms with E-state index in [1.807, 2.05) is 0 Å². The van der Waals surface area contributed by atoms with Gasteiger partial charge in [0.15, 0.2) is 0 Å². The van der Waals surface area contributed by atoms with Gasteiger partial charge in [0.05, 0.1) is 0 Å². The molecule has 2 heterocycles. The number of halogens is 3. The van der Waals surface area contributed by atoms with Crippen LogP contribution in [0.5, 0.6) is 0 Å². The first-order valence-corrected chi connectivity index (χ1v) is 7.55. The number of likely N-dealkylation sites (N-methyl/N-ethyl adjacent to an activating group) is 1. The fourth-order valence-corrected chi connectivity index (χ4v) is 2.46. The van der Waals surface area contributed by atoms with Gasteiger partial charge in [0, 0.05) is 24.3 Å². The van der Waals surface area contributed by atoms with Crippen molar-refractivity contribution >= 4 is 11.6 Å². The second-order valence-electron chi connectivity index (χ2n) is 5.38. The van der Waals surface area contributed by atoms with Gasteiger partial charge in [0.1, 0.15) is 5.82 Å². The highest BCUT2D eigenvalue weighted by atomic mass is 19.4. The maximum atomic E-state index is 12.8. The molecule has 1 atom stereocenters. The first kappa shape index (κ1) is 17.5. The summed E-state index contributed by atoms with van der Waals surface area (Å²) in [5.74, 6) is -0.791. The lowest BCUT2D eigenvalue weighted by molar-refractivity contribution is -0.144. The molecule has 1 unspecified atom stereocenters. The van der Waals surface area contributed by atoms with Crippen LogP contribution < -0.4 is 5.32 Å². The number of anilines is 1. The van der Waals surface area contributed by atoms with Gasteiger partial charge < -0.3 is 5.32 Å². The molecule has 0 fully saturated rings. The molecule has 0 spiro atoms. The van der Waals surface area contributed by atoms with Crippen molar-refractivity contribution in [3.8, 4) is 0 Å². The maximum absolute atomic E-state index is 12.8. The smallest absolute Gasteiger partial charge is 0.368 e. The van der Waals surface area contributed by atoms with E-state index in [0.717, 1.165) is 17.6 Å². The first-order chi connectivity index (χ1) is 10.8. The minimum absolute atomic E-state index is 0.0599. The number of alkyl halides is 3. The average molecular weight is 330 g/mol. The SMILES string of the molecule is CCN(CC)C(C)CNc1cc(C)nc2nc(C(F)(F)F)nn12. The Morgan fingerprint density at radius 2 is 1.91 bits per heavy atom. The molecule has 0 aliphatic heterocycles. The number of nitrogens with one attached hydrogen (secondary N) is 1. The zero-order valence-electron chi connectivity index (χ0n) is 13.6. The van der Waals surface area contributed by atoms with Gasteiger partial charge >= 0.3 is 6.18 Å². The van der Waals surface area contributed by atoms with E-state index in [2.05, 4.69) is 46.1 Å². The Bertz CT molecular complexity index is 662. The fourth-order valence-electron chi connectivity index (χ4n) is 2.46. The number of hydrogen-bond donors (Lipinski definition) is 1. The second kappa shape index (κ2) is 6.69. The molecule has 23 heavy (non-hydrogen) atoms. The molecular formula is C14H21F3N6. The van der Waals surface area contributed by atoms with Crippen LogP contribution in [-0.4, -0.2) is 50.2 Å². The number of fused-ring (bicyclic) bond motifs is 1. The molecule has 0 amide bonds. The summed E-state index contributed by atoms with van der Waals surface area (Å²) in [5.41, 5.74) is 0.580. The van der Waals surface area contributed by atoms with Crippen LogP contribution >= 0.6 is 0 Å². The lowest BCUT2D eigenvalue weighted by atomic mass is 10.2. The molecule has 2 rings (SSSR count). The predicted octanol–water partition coefficient (Wildman–Crippen LogP) is 2.59. The third kappa shape index (κ3) is 3.90. The molecule has 6 nitrogen and oxygen atoms in total. The van der Waals surface area contributed by atoms with Gasteiger partial charge in [-0.15, -0.1) is 5.10 Å². The van der Waals surface area contributed by atoms with Crippen molar-refractivity contribution < 1.29 is 13.2 Å². The van der Waals surface area contributed by atoms with Gasteiger partial charge in [0.25, 0.3) is 11.6 Å². The number of rotatable bonds is 6. The third-order valence-electron chi connectivity index (χ3n) is 3.71. The van der Waals surface area contributed by atoms with Crippen molar-refractivity contribution in [1.29, 1.82) is 0 Å². The van der Waals surface area contributed by atoms with Gasteiger partial charge in [0.2, 0.25) is 0 Å². The van der Waals surface area contributed by atoms with Crippen LogP contribution in [0.2, 0.25) is 0 Å². The summed E-state index contributed by atoms with van der Waals surface area (Å²) >= 11 is 0. The van der Waals surface area contributed by atoms with Crippen molar-refractivity contribution in [2.45, 2.75) is 39.9 Å². The first-order valence-electron chi connectivity index (χ1n) is 7.55. The van der Waals surface area contributed by atoms with E-state index in [9.17, 15) is 13.2 Å². The number of aryl methyl sites for hydroxylation is 1. The van der Waals surface area contributed by atoms with Crippen LogP contribution in [0, 0.1) is 6.92 Å². The Morgan fingerprint density at radius 3 is 2.48 bits per heavy atom. The van der Waals surface area contributed by atoms with Gasteiger partial charge in [-0.3, -0.25) is 4.90 Å². The lowest BCUT2D eigenvalue weighted by Gasteiger charge is -2.26. The molecule has 128 valence electrons. The summed E-state index contributed by atoms with van der Waals surface area (Å²) in [6.07, 6.45) is -4.59. The van der Waals surface area contributed by atoms with E-state index < -0.39 is 12.0 Å². The van der Waals surface area contributed by atoms with E-state index in [-0.39, 0.29) is 11.8 Å². The molecule has 2 aromatic rings. The topological polar surface area (TPSA) is 58.3 Å². The van der Waals surface area contributed by atoms with Crippen LogP contribution in [0.3, 0.4) is 0 Å². The number of nitrogens with zero attached hydrogens (tertiary/aromatic N) is 5. The van der Waals surface area contributed by atoms with E-state index in [1.165, 1.54) is 0 Å². The van der Waals surface area contributed by atoms with E-state index in [0.29, 0.717) is 18.1 Å². The van der Waals surface area contributed by atoms with Crippen molar-refractivity contribution in [3.63, 3.8) is 0 Å². The Kier molecular flexibility index (Phi) is 5.08. The highest BCUT2D eigenvalue weighted by Crippen LogP contribution is 2.27.